The molecule has 1 amide bonds. The number of hydrogen-bond donors (Lipinski definition) is 2. The van der Waals surface area contributed by atoms with Crippen LogP contribution in [-0.2, 0) is 11.4 Å². The van der Waals surface area contributed by atoms with Gasteiger partial charge in [-0.15, -0.1) is 0 Å². The lowest BCUT2D eigenvalue weighted by Crippen LogP contribution is -2.57. The third-order valence-corrected chi connectivity index (χ3v) is 7.42. The van der Waals surface area contributed by atoms with Crippen LogP contribution in [-0.4, -0.2) is 11.9 Å². The van der Waals surface area contributed by atoms with Crippen LogP contribution in [0.15, 0.2) is 63.5 Å². The van der Waals surface area contributed by atoms with Crippen molar-refractivity contribution in [3.05, 3.63) is 74.7 Å². The van der Waals surface area contributed by atoms with Gasteiger partial charge in [-0.05, 0) is 57.2 Å². The minimum atomic E-state index is -0.275. The summed E-state index contributed by atoms with van der Waals surface area (Å²) >= 11 is 7.28. The number of benzene rings is 3. The van der Waals surface area contributed by atoms with Crippen molar-refractivity contribution >= 4 is 48.5 Å². The monoisotopic (exact) mass is 542 g/mol. The number of carbonyl (C=O) groups is 1. The normalized spacial score (nSPS) is 23.3. The van der Waals surface area contributed by atoms with Crippen LogP contribution in [0.25, 0.3) is 10.8 Å². The molecule has 0 radical (unpaired) electrons. The van der Waals surface area contributed by atoms with Gasteiger partial charge in [0.1, 0.15) is 18.5 Å². The average molecular weight is 544 g/mol. The Morgan fingerprint density at radius 1 is 1.00 bits per heavy atom. The highest BCUT2D eigenvalue weighted by molar-refractivity contribution is 9.11. The largest absolute Gasteiger partial charge is 0.487 e. The van der Waals surface area contributed by atoms with Gasteiger partial charge in [-0.2, -0.15) is 0 Å². The molecule has 0 bridgehead atoms. The van der Waals surface area contributed by atoms with Crippen LogP contribution in [0.3, 0.4) is 0 Å². The summed E-state index contributed by atoms with van der Waals surface area (Å²) in [6.07, 6.45) is 4.02. The zero-order chi connectivity index (χ0) is 21.4. The maximum atomic E-state index is 12.8. The fourth-order valence-corrected chi connectivity index (χ4v) is 6.20. The van der Waals surface area contributed by atoms with E-state index < -0.39 is 0 Å². The minimum Gasteiger partial charge on any atom is -0.487 e. The number of carbonyl (C=O) groups excluding carboxylic acids is 1. The molecule has 1 aliphatic heterocycles. The van der Waals surface area contributed by atoms with Crippen LogP contribution in [0.5, 0.6) is 5.75 Å². The molecule has 2 N–H and O–H groups in total. The predicted octanol–water partition coefficient (Wildman–Crippen LogP) is 6.22. The molecule has 160 valence electrons. The molecule has 4 nitrogen and oxygen atoms in total. The Kier molecular flexibility index (Phi) is 6.04. The van der Waals surface area contributed by atoms with Gasteiger partial charge in [0.2, 0.25) is 5.91 Å². The Morgan fingerprint density at radius 2 is 1.81 bits per heavy atom. The zero-order valence-electron chi connectivity index (χ0n) is 17.0. The second-order valence-electron chi connectivity index (χ2n) is 8.34. The Labute approximate surface area is 199 Å². The van der Waals surface area contributed by atoms with E-state index in [0.717, 1.165) is 45.1 Å². The molecule has 3 unspecified atom stereocenters. The third-order valence-electron chi connectivity index (χ3n) is 6.37. The van der Waals surface area contributed by atoms with E-state index in [1.807, 2.05) is 18.2 Å². The first kappa shape index (κ1) is 21.0. The van der Waals surface area contributed by atoms with Gasteiger partial charge in [0.15, 0.2) is 0 Å². The fraction of sp³-hybridized carbons (Fsp3) is 0.320. The molecule has 1 saturated carbocycles. The van der Waals surface area contributed by atoms with E-state index in [1.165, 1.54) is 17.2 Å². The van der Waals surface area contributed by atoms with Crippen LogP contribution in [0.1, 0.15) is 43.0 Å². The molecule has 1 aliphatic carbocycles. The molecule has 0 aromatic heterocycles. The van der Waals surface area contributed by atoms with Gasteiger partial charge >= 0.3 is 0 Å². The van der Waals surface area contributed by atoms with Gasteiger partial charge in [-0.25, -0.2) is 0 Å². The molecule has 2 fully saturated rings. The number of hydrogen-bond acceptors (Lipinski definition) is 3. The smallest absolute Gasteiger partial charge is 0.226 e. The quantitative estimate of drug-likeness (QED) is 0.410. The molecule has 5 rings (SSSR count). The highest BCUT2D eigenvalue weighted by atomic mass is 79.9. The van der Waals surface area contributed by atoms with E-state index in [-0.39, 0.29) is 24.0 Å². The van der Waals surface area contributed by atoms with E-state index in [2.05, 4.69) is 78.9 Å². The summed E-state index contributed by atoms with van der Waals surface area (Å²) < 4.78 is 8.18. The van der Waals surface area contributed by atoms with Gasteiger partial charge in [0.05, 0.1) is 10.4 Å². The SMILES string of the molecule is O=C1NC(c2cc(Br)cc(Br)c2OCc2cccc3ccccc23)NC2CCCCC12. The second kappa shape index (κ2) is 8.93. The number of fused-ring (bicyclic) bond motifs is 2. The molecule has 6 heteroatoms. The van der Waals surface area contributed by atoms with E-state index in [4.69, 9.17) is 4.74 Å². The van der Waals surface area contributed by atoms with Crippen LogP contribution >= 0.6 is 31.9 Å². The molecule has 3 atom stereocenters. The average Bonchev–Trinajstić information content (AvgIpc) is 2.78. The minimum absolute atomic E-state index is 0.0700. The summed E-state index contributed by atoms with van der Waals surface area (Å²) in [6.45, 7) is 0.446. The van der Waals surface area contributed by atoms with Gasteiger partial charge in [0.25, 0.3) is 0 Å². The van der Waals surface area contributed by atoms with Crippen molar-refractivity contribution < 1.29 is 9.53 Å². The zero-order valence-corrected chi connectivity index (χ0v) is 20.2. The third kappa shape index (κ3) is 4.26. The lowest BCUT2D eigenvalue weighted by atomic mass is 9.82. The van der Waals surface area contributed by atoms with Crippen molar-refractivity contribution in [2.75, 3.05) is 0 Å². The highest BCUT2D eigenvalue weighted by Gasteiger charge is 2.38. The fourth-order valence-electron chi connectivity index (χ4n) is 4.83. The van der Waals surface area contributed by atoms with Crippen molar-refractivity contribution in [2.24, 2.45) is 5.92 Å². The predicted molar refractivity (Wildman–Crippen MR) is 130 cm³/mol. The number of nitrogens with one attached hydrogen (secondary N) is 2. The summed E-state index contributed by atoms with van der Waals surface area (Å²) in [4.78, 5) is 12.8. The summed E-state index contributed by atoms with van der Waals surface area (Å²) in [5.41, 5.74) is 2.06. The summed E-state index contributed by atoms with van der Waals surface area (Å²) in [6, 6.07) is 18.8. The molecule has 31 heavy (non-hydrogen) atoms. The standard InChI is InChI=1S/C25H24Br2N2O2/c26-17-12-20(24-28-22-11-4-3-10-19(22)25(30)29-24)23(21(27)13-17)31-14-16-8-5-7-15-6-1-2-9-18(15)16/h1-2,5-9,12-13,19,22,24,28H,3-4,10-11,14H2,(H,29,30). The first-order valence-corrected chi connectivity index (χ1v) is 12.3. The Balaban J connectivity index is 1.45. The van der Waals surface area contributed by atoms with Gasteiger partial charge in [0, 0.05) is 16.1 Å². The van der Waals surface area contributed by atoms with Crippen molar-refractivity contribution in [1.29, 1.82) is 0 Å². The summed E-state index contributed by atoms with van der Waals surface area (Å²) in [7, 11) is 0. The maximum absolute atomic E-state index is 12.8. The first-order valence-electron chi connectivity index (χ1n) is 10.7. The second-order valence-corrected chi connectivity index (χ2v) is 10.1. The van der Waals surface area contributed by atoms with Gasteiger partial charge in [-0.1, -0.05) is 71.2 Å². The Morgan fingerprint density at radius 3 is 2.71 bits per heavy atom. The summed E-state index contributed by atoms with van der Waals surface area (Å²) in [5.74, 6) is 0.966. The van der Waals surface area contributed by atoms with Crippen LogP contribution in [0.4, 0.5) is 0 Å². The van der Waals surface area contributed by atoms with Crippen molar-refractivity contribution in [2.45, 2.75) is 44.5 Å². The molecule has 1 saturated heterocycles. The highest BCUT2D eigenvalue weighted by Crippen LogP contribution is 2.39. The Hall–Kier alpha value is -1.89. The van der Waals surface area contributed by atoms with Crippen LogP contribution < -0.4 is 15.4 Å². The molecule has 1 heterocycles. The number of ether oxygens (including phenoxy) is 1. The van der Waals surface area contributed by atoms with Crippen LogP contribution in [0.2, 0.25) is 0 Å². The number of halogens is 2. The van der Waals surface area contributed by atoms with E-state index in [1.54, 1.807) is 0 Å². The lowest BCUT2D eigenvalue weighted by molar-refractivity contribution is -0.130. The number of rotatable bonds is 4. The van der Waals surface area contributed by atoms with Gasteiger partial charge in [-0.3, -0.25) is 10.1 Å². The molecule has 3 aromatic carbocycles. The summed E-state index contributed by atoms with van der Waals surface area (Å²) in [5, 5.41) is 9.24. The van der Waals surface area contributed by atoms with E-state index in [9.17, 15) is 4.79 Å². The Bertz CT molecular complexity index is 1130. The van der Waals surface area contributed by atoms with Crippen molar-refractivity contribution in [3.8, 4) is 5.75 Å². The van der Waals surface area contributed by atoms with Crippen molar-refractivity contribution in [3.63, 3.8) is 0 Å². The van der Waals surface area contributed by atoms with E-state index in [0.29, 0.717) is 6.61 Å². The van der Waals surface area contributed by atoms with Crippen molar-refractivity contribution in [1.82, 2.24) is 10.6 Å². The first-order chi connectivity index (χ1) is 15.1. The molecule has 3 aromatic rings. The molecular formula is C25H24Br2N2O2. The van der Waals surface area contributed by atoms with E-state index >= 15 is 0 Å². The molecule has 2 aliphatic rings. The maximum Gasteiger partial charge on any atom is 0.226 e. The molecule has 0 spiro atoms. The number of amides is 1. The van der Waals surface area contributed by atoms with Crippen LogP contribution in [0, 0.1) is 5.92 Å². The van der Waals surface area contributed by atoms with Gasteiger partial charge < -0.3 is 10.1 Å². The molecular weight excluding hydrogens is 520 g/mol. The topological polar surface area (TPSA) is 50.4 Å². The lowest BCUT2D eigenvalue weighted by Gasteiger charge is -2.40.